The van der Waals surface area contributed by atoms with Crippen LogP contribution in [-0.2, 0) is 0 Å². The molecule has 3 aromatic carbocycles. The summed E-state index contributed by atoms with van der Waals surface area (Å²) in [6.45, 7) is 0. The highest BCUT2D eigenvalue weighted by molar-refractivity contribution is 6.33. The smallest absolute Gasteiger partial charge is 0.267 e. The quantitative estimate of drug-likeness (QED) is 0.344. The van der Waals surface area contributed by atoms with E-state index in [2.05, 4.69) is 15.5 Å². The summed E-state index contributed by atoms with van der Waals surface area (Å²) in [5.41, 5.74) is 4.59. The van der Waals surface area contributed by atoms with Gasteiger partial charge >= 0.3 is 0 Å². The van der Waals surface area contributed by atoms with Gasteiger partial charge in [-0.25, -0.2) is 19.2 Å². The SMILES string of the molecule is O=C(NN=Cc1c(F)cccc1Cl)c1cc(-c2ccc(F)cc2)nc2ccccc12. The normalized spacial score (nSPS) is 11.2. The zero-order valence-electron chi connectivity index (χ0n) is 15.4. The summed E-state index contributed by atoms with van der Waals surface area (Å²) < 4.78 is 27.1. The molecule has 30 heavy (non-hydrogen) atoms. The number of fused-ring (bicyclic) bond motifs is 1. The summed E-state index contributed by atoms with van der Waals surface area (Å²) in [6.07, 6.45) is 1.15. The molecule has 0 saturated carbocycles. The fraction of sp³-hybridized carbons (Fsp3) is 0. The van der Waals surface area contributed by atoms with Crippen LogP contribution in [-0.4, -0.2) is 17.1 Å². The van der Waals surface area contributed by atoms with Gasteiger partial charge in [-0.1, -0.05) is 35.9 Å². The number of hydrogen-bond donors (Lipinski definition) is 1. The predicted molar refractivity (Wildman–Crippen MR) is 114 cm³/mol. The number of amides is 1. The minimum absolute atomic E-state index is 0.0751. The van der Waals surface area contributed by atoms with Crippen LogP contribution in [0, 0.1) is 11.6 Å². The second-order valence-electron chi connectivity index (χ2n) is 6.41. The largest absolute Gasteiger partial charge is 0.272 e. The molecule has 4 nitrogen and oxygen atoms in total. The molecule has 7 heteroatoms. The van der Waals surface area contributed by atoms with Crippen LogP contribution in [0.1, 0.15) is 15.9 Å². The number of pyridine rings is 1. The van der Waals surface area contributed by atoms with E-state index < -0.39 is 11.7 Å². The number of hydrazone groups is 1. The number of para-hydroxylation sites is 1. The topological polar surface area (TPSA) is 54.4 Å². The van der Waals surface area contributed by atoms with E-state index in [0.29, 0.717) is 27.7 Å². The Labute approximate surface area is 175 Å². The molecule has 0 aliphatic rings. The fourth-order valence-electron chi connectivity index (χ4n) is 2.98. The molecular weight excluding hydrogens is 408 g/mol. The lowest BCUT2D eigenvalue weighted by Crippen LogP contribution is -2.18. The standard InChI is InChI=1S/C23H14ClF2N3O/c24-19-5-3-6-20(26)18(19)13-27-29-23(30)17-12-22(14-8-10-15(25)11-9-14)28-21-7-2-1-4-16(17)21/h1-13H,(H,29,30). The van der Waals surface area contributed by atoms with Crippen molar-refractivity contribution in [3.8, 4) is 11.3 Å². The van der Waals surface area contributed by atoms with Crippen molar-refractivity contribution in [1.29, 1.82) is 0 Å². The van der Waals surface area contributed by atoms with Gasteiger partial charge in [0.25, 0.3) is 5.91 Å². The molecule has 4 rings (SSSR count). The molecule has 1 heterocycles. The maximum atomic E-state index is 13.9. The molecule has 0 aliphatic heterocycles. The minimum atomic E-state index is -0.548. The Morgan fingerprint density at radius 3 is 2.53 bits per heavy atom. The number of aromatic nitrogens is 1. The van der Waals surface area contributed by atoms with Crippen LogP contribution in [0.4, 0.5) is 8.78 Å². The molecule has 0 fully saturated rings. The first-order valence-electron chi connectivity index (χ1n) is 8.96. The number of hydrogen-bond acceptors (Lipinski definition) is 3. The van der Waals surface area contributed by atoms with Gasteiger partial charge in [-0.15, -0.1) is 0 Å². The van der Waals surface area contributed by atoms with Crippen molar-refractivity contribution >= 4 is 34.6 Å². The van der Waals surface area contributed by atoms with Crippen LogP contribution in [0.5, 0.6) is 0 Å². The molecule has 0 aliphatic carbocycles. The lowest BCUT2D eigenvalue weighted by atomic mass is 10.0. The zero-order valence-corrected chi connectivity index (χ0v) is 16.2. The van der Waals surface area contributed by atoms with Gasteiger partial charge in [0.15, 0.2) is 0 Å². The van der Waals surface area contributed by atoms with Gasteiger partial charge in [0.2, 0.25) is 0 Å². The first kappa shape index (κ1) is 19.7. The number of rotatable bonds is 4. The van der Waals surface area contributed by atoms with Crippen LogP contribution < -0.4 is 5.43 Å². The number of carbonyl (C=O) groups is 1. The molecule has 148 valence electrons. The van der Waals surface area contributed by atoms with Crippen molar-refractivity contribution in [3.05, 3.63) is 101 Å². The van der Waals surface area contributed by atoms with E-state index >= 15 is 0 Å². The van der Waals surface area contributed by atoms with Crippen molar-refractivity contribution < 1.29 is 13.6 Å². The lowest BCUT2D eigenvalue weighted by molar-refractivity contribution is 0.0956. The minimum Gasteiger partial charge on any atom is -0.267 e. The molecule has 0 saturated heterocycles. The maximum absolute atomic E-state index is 13.9. The van der Waals surface area contributed by atoms with Crippen LogP contribution in [0.25, 0.3) is 22.2 Å². The highest BCUT2D eigenvalue weighted by Crippen LogP contribution is 2.25. The van der Waals surface area contributed by atoms with E-state index in [1.165, 1.54) is 30.3 Å². The van der Waals surface area contributed by atoms with Gasteiger partial charge in [0.05, 0.1) is 28.0 Å². The van der Waals surface area contributed by atoms with E-state index in [1.807, 2.05) is 6.07 Å². The van der Waals surface area contributed by atoms with Gasteiger partial charge < -0.3 is 0 Å². The van der Waals surface area contributed by atoms with Crippen LogP contribution >= 0.6 is 11.6 Å². The Morgan fingerprint density at radius 2 is 1.77 bits per heavy atom. The number of benzene rings is 3. The summed E-state index contributed by atoms with van der Waals surface area (Å²) in [6, 6.07) is 18.8. The number of nitrogens with zero attached hydrogens (tertiary/aromatic N) is 2. The summed E-state index contributed by atoms with van der Waals surface area (Å²) in [4.78, 5) is 17.4. The van der Waals surface area contributed by atoms with Crippen LogP contribution in [0.3, 0.4) is 0 Å². The lowest BCUT2D eigenvalue weighted by Gasteiger charge is -2.09. The highest BCUT2D eigenvalue weighted by atomic mass is 35.5. The molecule has 1 N–H and O–H groups in total. The third kappa shape index (κ3) is 4.04. The average molecular weight is 422 g/mol. The second kappa shape index (κ2) is 8.39. The third-order valence-electron chi connectivity index (χ3n) is 4.46. The van der Waals surface area contributed by atoms with E-state index in [4.69, 9.17) is 11.6 Å². The maximum Gasteiger partial charge on any atom is 0.272 e. The summed E-state index contributed by atoms with van der Waals surface area (Å²) in [7, 11) is 0. The Balaban J connectivity index is 1.69. The van der Waals surface area contributed by atoms with Gasteiger partial charge in [-0.3, -0.25) is 4.79 Å². The van der Waals surface area contributed by atoms with Crippen molar-refractivity contribution in [2.45, 2.75) is 0 Å². The van der Waals surface area contributed by atoms with E-state index in [0.717, 1.165) is 6.21 Å². The van der Waals surface area contributed by atoms with Gasteiger partial charge in [-0.2, -0.15) is 5.10 Å². The first-order chi connectivity index (χ1) is 14.5. The molecule has 1 aromatic heterocycles. The zero-order chi connectivity index (χ0) is 21.1. The third-order valence-corrected chi connectivity index (χ3v) is 4.79. The van der Waals surface area contributed by atoms with E-state index in [9.17, 15) is 13.6 Å². The van der Waals surface area contributed by atoms with Gasteiger partial charge in [-0.05, 0) is 48.5 Å². The molecule has 0 radical (unpaired) electrons. The average Bonchev–Trinajstić information content (AvgIpc) is 2.75. The molecule has 0 bridgehead atoms. The van der Waals surface area contributed by atoms with Gasteiger partial charge in [0.1, 0.15) is 11.6 Å². The van der Waals surface area contributed by atoms with E-state index in [1.54, 1.807) is 36.4 Å². The highest BCUT2D eigenvalue weighted by Gasteiger charge is 2.14. The first-order valence-corrected chi connectivity index (χ1v) is 9.34. The van der Waals surface area contributed by atoms with Crippen LogP contribution in [0.15, 0.2) is 77.9 Å². The van der Waals surface area contributed by atoms with Gasteiger partial charge in [0, 0.05) is 16.5 Å². The second-order valence-corrected chi connectivity index (χ2v) is 6.82. The molecular formula is C23H14ClF2N3O. The molecule has 0 unspecified atom stereocenters. The predicted octanol–water partition coefficient (Wildman–Crippen LogP) is 5.60. The van der Waals surface area contributed by atoms with Crippen LogP contribution in [0.2, 0.25) is 5.02 Å². The van der Waals surface area contributed by atoms with Crippen molar-refractivity contribution in [1.82, 2.24) is 10.4 Å². The summed E-state index contributed by atoms with van der Waals surface area (Å²) >= 11 is 5.96. The molecule has 4 aromatic rings. The summed E-state index contributed by atoms with van der Waals surface area (Å²) in [5.74, 6) is -1.41. The summed E-state index contributed by atoms with van der Waals surface area (Å²) in [5, 5.41) is 4.65. The number of halogens is 3. The van der Waals surface area contributed by atoms with E-state index in [-0.39, 0.29) is 16.4 Å². The van der Waals surface area contributed by atoms with Crippen molar-refractivity contribution in [2.24, 2.45) is 5.10 Å². The van der Waals surface area contributed by atoms with Crippen molar-refractivity contribution in [3.63, 3.8) is 0 Å². The molecule has 0 spiro atoms. The molecule has 0 atom stereocenters. The Kier molecular flexibility index (Phi) is 5.50. The fourth-order valence-corrected chi connectivity index (χ4v) is 3.19. The Hall–Kier alpha value is -3.64. The number of nitrogens with one attached hydrogen (secondary N) is 1. The Morgan fingerprint density at radius 1 is 1.00 bits per heavy atom. The number of carbonyl (C=O) groups excluding carboxylic acids is 1. The Bertz CT molecular complexity index is 1250. The monoisotopic (exact) mass is 421 g/mol. The molecule has 1 amide bonds. The van der Waals surface area contributed by atoms with Crippen molar-refractivity contribution in [2.75, 3.05) is 0 Å².